The van der Waals surface area contributed by atoms with E-state index < -0.39 is 0 Å². The third-order valence-corrected chi connectivity index (χ3v) is 4.22. The Bertz CT molecular complexity index is 902. The molecule has 128 valence electrons. The summed E-state index contributed by atoms with van der Waals surface area (Å²) in [5.74, 6) is 0.390. The van der Waals surface area contributed by atoms with Crippen LogP contribution < -0.4 is 10.2 Å². The van der Waals surface area contributed by atoms with E-state index in [0.29, 0.717) is 27.1 Å². The number of halogens is 2. The van der Waals surface area contributed by atoms with Gasteiger partial charge in [0.15, 0.2) is 5.76 Å². The summed E-state index contributed by atoms with van der Waals surface area (Å²) in [5.41, 5.74) is 2.43. The maximum Gasteiger partial charge on any atom is 0.291 e. The van der Waals surface area contributed by atoms with Gasteiger partial charge in [-0.2, -0.15) is 0 Å². The summed E-state index contributed by atoms with van der Waals surface area (Å²) in [4.78, 5) is 14.3. The second-order valence-electron chi connectivity index (χ2n) is 5.68. The molecule has 0 saturated carbocycles. The third kappa shape index (κ3) is 3.98. The van der Waals surface area contributed by atoms with Crippen LogP contribution >= 0.6 is 23.2 Å². The van der Waals surface area contributed by atoms with Gasteiger partial charge in [0, 0.05) is 36.1 Å². The molecule has 0 spiro atoms. The highest BCUT2D eigenvalue weighted by molar-refractivity contribution is 6.36. The van der Waals surface area contributed by atoms with Crippen LogP contribution in [0.2, 0.25) is 10.0 Å². The second-order valence-corrected chi connectivity index (χ2v) is 6.53. The Hall–Kier alpha value is -2.43. The molecule has 6 heteroatoms. The number of benzene rings is 2. The van der Waals surface area contributed by atoms with Gasteiger partial charge in [-0.05, 0) is 54.6 Å². The van der Waals surface area contributed by atoms with E-state index in [1.807, 2.05) is 43.3 Å². The van der Waals surface area contributed by atoms with Gasteiger partial charge in [0.05, 0.1) is 5.02 Å². The van der Waals surface area contributed by atoms with E-state index in [0.717, 1.165) is 5.69 Å². The van der Waals surface area contributed by atoms with Gasteiger partial charge in [-0.25, -0.2) is 0 Å². The molecule has 0 atom stereocenters. The molecule has 1 heterocycles. The maximum atomic E-state index is 12.3. The number of hydrogen-bond acceptors (Lipinski definition) is 3. The van der Waals surface area contributed by atoms with Crippen molar-refractivity contribution in [2.45, 2.75) is 0 Å². The molecule has 3 rings (SSSR count). The van der Waals surface area contributed by atoms with Gasteiger partial charge < -0.3 is 14.6 Å². The van der Waals surface area contributed by atoms with E-state index in [-0.39, 0.29) is 11.7 Å². The summed E-state index contributed by atoms with van der Waals surface area (Å²) in [7, 11) is 3.92. The normalized spacial score (nSPS) is 10.6. The lowest BCUT2D eigenvalue weighted by Gasteiger charge is -2.12. The third-order valence-electron chi connectivity index (χ3n) is 3.67. The molecular weight excluding hydrogens is 359 g/mol. The molecule has 0 saturated heterocycles. The summed E-state index contributed by atoms with van der Waals surface area (Å²) in [6, 6.07) is 16.0. The molecule has 3 aromatic rings. The number of nitrogens with one attached hydrogen (secondary N) is 1. The van der Waals surface area contributed by atoms with Crippen LogP contribution in [0, 0.1) is 0 Å². The Kier molecular flexibility index (Phi) is 5.02. The fourth-order valence-electron chi connectivity index (χ4n) is 2.33. The standard InChI is InChI=1S/C19H16Cl2N2O2/c1-23(2)14-6-4-13(5-7-14)22-19(24)18-10-9-17(25-18)15-8-3-12(20)11-16(15)21/h3-11H,1-2H3,(H,22,24). The molecule has 0 aliphatic carbocycles. The number of anilines is 2. The fraction of sp³-hybridized carbons (Fsp3) is 0.105. The summed E-state index contributed by atoms with van der Waals surface area (Å²) in [6.45, 7) is 0. The molecule has 0 aliphatic heterocycles. The number of furan rings is 1. The lowest BCUT2D eigenvalue weighted by molar-refractivity contribution is 0.0997. The molecule has 0 bridgehead atoms. The Morgan fingerprint density at radius 3 is 2.36 bits per heavy atom. The maximum absolute atomic E-state index is 12.3. The number of amides is 1. The van der Waals surface area contributed by atoms with Crippen LogP contribution in [-0.4, -0.2) is 20.0 Å². The van der Waals surface area contributed by atoms with Crippen LogP contribution in [0.1, 0.15) is 10.6 Å². The van der Waals surface area contributed by atoms with Gasteiger partial charge >= 0.3 is 0 Å². The van der Waals surface area contributed by atoms with E-state index in [1.165, 1.54) is 0 Å². The van der Waals surface area contributed by atoms with Gasteiger partial charge in [-0.15, -0.1) is 0 Å². The van der Waals surface area contributed by atoms with Crippen LogP contribution in [0.4, 0.5) is 11.4 Å². The van der Waals surface area contributed by atoms with Gasteiger partial charge in [0.25, 0.3) is 5.91 Å². The number of hydrogen-bond donors (Lipinski definition) is 1. The minimum Gasteiger partial charge on any atom is -0.451 e. The smallest absolute Gasteiger partial charge is 0.291 e. The topological polar surface area (TPSA) is 45.5 Å². The van der Waals surface area contributed by atoms with Crippen molar-refractivity contribution in [2.24, 2.45) is 0 Å². The monoisotopic (exact) mass is 374 g/mol. The predicted molar refractivity (Wildman–Crippen MR) is 103 cm³/mol. The lowest BCUT2D eigenvalue weighted by Crippen LogP contribution is -2.11. The van der Waals surface area contributed by atoms with Crippen molar-refractivity contribution >= 4 is 40.5 Å². The van der Waals surface area contributed by atoms with E-state index in [4.69, 9.17) is 27.6 Å². The first kappa shape index (κ1) is 17.4. The van der Waals surface area contributed by atoms with Crippen LogP contribution in [0.3, 0.4) is 0 Å². The van der Waals surface area contributed by atoms with Crippen molar-refractivity contribution in [3.05, 3.63) is 70.4 Å². The Balaban J connectivity index is 1.76. The van der Waals surface area contributed by atoms with Crippen LogP contribution in [0.25, 0.3) is 11.3 Å². The zero-order valence-electron chi connectivity index (χ0n) is 13.7. The van der Waals surface area contributed by atoms with Crippen molar-refractivity contribution in [1.29, 1.82) is 0 Å². The SMILES string of the molecule is CN(C)c1ccc(NC(=O)c2ccc(-c3ccc(Cl)cc3Cl)o2)cc1. The van der Waals surface area contributed by atoms with E-state index in [9.17, 15) is 4.79 Å². The number of nitrogens with zero attached hydrogens (tertiary/aromatic N) is 1. The van der Waals surface area contributed by atoms with Gasteiger partial charge in [0.1, 0.15) is 5.76 Å². The number of carbonyl (C=O) groups excluding carboxylic acids is 1. The number of carbonyl (C=O) groups is 1. The first-order chi connectivity index (χ1) is 11.9. The van der Waals surface area contributed by atoms with Gasteiger partial charge in [-0.3, -0.25) is 4.79 Å². The quantitative estimate of drug-likeness (QED) is 0.648. The van der Waals surface area contributed by atoms with Crippen molar-refractivity contribution in [3.8, 4) is 11.3 Å². The second kappa shape index (κ2) is 7.21. The Labute approximate surface area is 156 Å². The summed E-state index contributed by atoms with van der Waals surface area (Å²) in [5, 5.41) is 3.81. The lowest BCUT2D eigenvalue weighted by atomic mass is 10.2. The highest BCUT2D eigenvalue weighted by Crippen LogP contribution is 2.31. The molecule has 0 fully saturated rings. The fourth-order valence-corrected chi connectivity index (χ4v) is 2.83. The Morgan fingerprint density at radius 2 is 1.72 bits per heavy atom. The first-order valence-corrected chi connectivity index (χ1v) is 8.33. The molecule has 25 heavy (non-hydrogen) atoms. The molecule has 1 N–H and O–H groups in total. The summed E-state index contributed by atoms with van der Waals surface area (Å²) < 4.78 is 5.64. The highest BCUT2D eigenvalue weighted by atomic mass is 35.5. The van der Waals surface area contributed by atoms with Crippen molar-refractivity contribution < 1.29 is 9.21 Å². The zero-order valence-corrected chi connectivity index (χ0v) is 15.2. The van der Waals surface area contributed by atoms with E-state index in [2.05, 4.69) is 5.32 Å². The minimum atomic E-state index is -0.325. The van der Waals surface area contributed by atoms with Crippen LogP contribution in [-0.2, 0) is 0 Å². The Morgan fingerprint density at radius 1 is 1.00 bits per heavy atom. The van der Waals surface area contributed by atoms with Gasteiger partial charge in [0.2, 0.25) is 0 Å². The molecular formula is C19H16Cl2N2O2. The molecule has 0 radical (unpaired) electrons. The molecule has 0 unspecified atom stereocenters. The zero-order chi connectivity index (χ0) is 18.0. The van der Waals surface area contributed by atoms with Crippen LogP contribution in [0.15, 0.2) is 59.0 Å². The molecule has 1 aromatic heterocycles. The summed E-state index contributed by atoms with van der Waals surface area (Å²) >= 11 is 12.1. The average Bonchev–Trinajstić information content (AvgIpc) is 3.05. The van der Waals surface area contributed by atoms with E-state index in [1.54, 1.807) is 30.3 Å². The van der Waals surface area contributed by atoms with Crippen molar-refractivity contribution in [2.75, 3.05) is 24.3 Å². The average molecular weight is 375 g/mol. The van der Waals surface area contributed by atoms with Crippen molar-refractivity contribution in [3.63, 3.8) is 0 Å². The predicted octanol–water partition coefficient (Wildman–Crippen LogP) is 5.57. The highest BCUT2D eigenvalue weighted by Gasteiger charge is 2.14. The largest absolute Gasteiger partial charge is 0.451 e. The molecule has 1 amide bonds. The van der Waals surface area contributed by atoms with Crippen molar-refractivity contribution in [1.82, 2.24) is 0 Å². The first-order valence-electron chi connectivity index (χ1n) is 7.58. The minimum absolute atomic E-state index is 0.206. The molecule has 2 aromatic carbocycles. The van der Waals surface area contributed by atoms with E-state index >= 15 is 0 Å². The summed E-state index contributed by atoms with van der Waals surface area (Å²) in [6.07, 6.45) is 0. The molecule has 0 aliphatic rings. The van der Waals surface area contributed by atoms with Gasteiger partial charge in [-0.1, -0.05) is 23.2 Å². The number of rotatable bonds is 4. The van der Waals surface area contributed by atoms with Crippen LogP contribution in [0.5, 0.6) is 0 Å². The molecule has 4 nitrogen and oxygen atoms in total.